The number of nitrogens with two attached hydrogens (primary N) is 1. The number of rotatable bonds is 11. The van der Waals surface area contributed by atoms with E-state index < -0.39 is 23.9 Å². The number of ether oxygens (including phenoxy) is 3. The molecule has 3 atom stereocenters. The van der Waals surface area contributed by atoms with Gasteiger partial charge >= 0.3 is 0 Å². The average molecular weight is 657 g/mol. The van der Waals surface area contributed by atoms with E-state index in [0.717, 1.165) is 28.2 Å². The Hall–Kier alpha value is -5.62. The number of anilines is 1. The van der Waals surface area contributed by atoms with Crippen LogP contribution in [0.2, 0.25) is 0 Å². The van der Waals surface area contributed by atoms with Gasteiger partial charge < -0.3 is 19.5 Å². The molecule has 1 fully saturated rings. The van der Waals surface area contributed by atoms with Crippen molar-refractivity contribution < 1.29 is 23.8 Å². The Bertz CT molecular complexity index is 1970. The molecule has 1 unspecified atom stereocenters. The topological polar surface area (TPSA) is 136 Å². The maximum atomic E-state index is 12.9. The van der Waals surface area contributed by atoms with Gasteiger partial charge in [0.2, 0.25) is 0 Å². The maximum absolute atomic E-state index is 12.9. The summed E-state index contributed by atoms with van der Waals surface area (Å²) in [7, 11) is 3.29. The summed E-state index contributed by atoms with van der Waals surface area (Å²) in [6.45, 7) is 0. The van der Waals surface area contributed by atoms with Gasteiger partial charge in [0, 0.05) is 5.56 Å². The third kappa shape index (κ3) is 5.88. The fraction of sp³-hybridized carbons (Fsp3) is 0.211. The van der Waals surface area contributed by atoms with Gasteiger partial charge in [-0.05, 0) is 65.9 Å². The van der Waals surface area contributed by atoms with Crippen LogP contribution in [0.3, 0.4) is 0 Å². The summed E-state index contributed by atoms with van der Waals surface area (Å²) in [5.74, 6) is 7.82. The van der Waals surface area contributed by atoms with E-state index in [-0.39, 0.29) is 5.91 Å². The molecule has 1 aliphatic rings. The van der Waals surface area contributed by atoms with E-state index in [4.69, 9.17) is 24.9 Å². The first-order valence-corrected chi connectivity index (χ1v) is 16.0. The fourth-order valence-corrected chi connectivity index (χ4v) is 6.87. The summed E-state index contributed by atoms with van der Waals surface area (Å²) in [6, 6.07) is 35.0. The van der Waals surface area contributed by atoms with Gasteiger partial charge in [-0.2, -0.15) is 0 Å². The van der Waals surface area contributed by atoms with Crippen molar-refractivity contribution in [3.05, 3.63) is 144 Å². The highest BCUT2D eigenvalue weighted by molar-refractivity contribution is 6.06. The van der Waals surface area contributed by atoms with E-state index in [1.807, 2.05) is 77.4 Å². The molecule has 1 aliphatic heterocycles. The molecule has 248 valence electrons. The Labute approximate surface area is 283 Å². The number of hydrogen-bond acceptors (Lipinski definition) is 9. The fourth-order valence-electron chi connectivity index (χ4n) is 6.87. The zero-order chi connectivity index (χ0) is 33.8. The molecule has 1 amide bonds. The van der Waals surface area contributed by atoms with Crippen LogP contribution in [-0.4, -0.2) is 51.9 Å². The van der Waals surface area contributed by atoms with Gasteiger partial charge in [0.15, 0.2) is 17.0 Å². The summed E-state index contributed by atoms with van der Waals surface area (Å²) < 4.78 is 19.7. The molecule has 0 bridgehead atoms. The molecule has 7 rings (SSSR count). The molecule has 4 aromatic carbocycles. The second kappa shape index (κ2) is 13.9. The Balaban J connectivity index is 1.27. The van der Waals surface area contributed by atoms with Crippen molar-refractivity contribution in [2.24, 2.45) is 5.90 Å². The highest BCUT2D eigenvalue weighted by Gasteiger charge is 2.51. The molecule has 11 heteroatoms. The monoisotopic (exact) mass is 656 g/mol. The predicted molar refractivity (Wildman–Crippen MR) is 184 cm³/mol. The second-order valence-corrected chi connectivity index (χ2v) is 11.8. The normalized spacial score (nSPS) is 16.7. The van der Waals surface area contributed by atoms with Crippen molar-refractivity contribution >= 4 is 22.9 Å². The molecular weight excluding hydrogens is 620 g/mol. The zero-order valence-corrected chi connectivity index (χ0v) is 27.1. The van der Waals surface area contributed by atoms with E-state index in [1.165, 1.54) is 6.33 Å². The number of imidazole rings is 1. The zero-order valence-electron chi connectivity index (χ0n) is 27.1. The van der Waals surface area contributed by atoms with Crippen LogP contribution >= 0.6 is 0 Å². The SMILES string of the molecule is COc1ccc(C(c2ccccc2)(c2ccc(OC)cc2)C(ON)[C@@H]2CC[C@H](n3cnc4c(NC(=O)c5ccccc5)ncnc43)O2)cc1. The van der Waals surface area contributed by atoms with Crippen molar-refractivity contribution in [2.45, 2.75) is 36.7 Å². The molecule has 3 N–H and O–H groups in total. The lowest BCUT2D eigenvalue weighted by Gasteiger charge is -2.43. The van der Waals surface area contributed by atoms with Crippen molar-refractivity contribution in [3.8, 4) is 11.5 Å². The Morgan fingerprint density at radius 1 is 0.816 bits per heavy atom. The van der Waals surface area contributed by atoms with Crippen LogP contribution in [0.15, 0.2) is 122 Å². The smallest absolute Gasteiger partial charge is 0.256 e. The third-order valence-electron chi connectivity index (χ3n) is 9.20. The maximum Gasteiger partial charge on any atom is 0.256 e. The van der Waals surface area contributed by atoms with E-state index in [2.05, 4.69) is 32.4 Å². The Morgan fingerprint density at radius 3 is 2.00 bits per heavy atom. The van der Waals surface area contributed by atoms with E-state index >= 15 is 0 Å². The second-order valence-electron chi connectivity index (χ2n) is 11.8. The van der Waals surface area contributed by atoms with Crippen LogP contribution in [0.25, 0.3) is 11.2 Å². The number of benzene rings is 4. The lowest BCUT2D eigenvalue weighted by molar-refractivity contribution is -0.104. The minimum absolute atomic E-state index is 0.287. The average Bonchev–Trinajstić information content (AvgIpc) is 3.83. The Kier molecular flexibility index (Phi) is 9.03. The van der Waals surface area contributed by atoms with Gasteiger partial charge in [-0.3, -0.25) is 14.2 Å². The first-order chi connectivity index (χ1) is 24.1. The number of aromatic nitrogens is 4. The molecule has 6 aromatic rings. The quantitative estimate of drug-likeness (QED) is 0.126. The standard InChI is InChI=1S/C38H36N6O5/c1-46-29-17-13-27(14-18-29)38(26-11-7-4-8-12-26,28-15-19-30(47-2)20-16-28)34(49-39)31-21-22-32(48-31)44-24-42-33-35(40-23-41-36(33)44)43-37(45)25-9-5-3-6-10-25/h3-20,23-24,31-32,34H,21-22,39H2,1-2H3,(H,40,41,43,45)/t31-,32+,34?/m0/s1. The Morgan fingerprint density at radius 2 is 1.41 bits per heavy atom. The molecule has 3 heterocycles. The molecule has 1 saturated heterocycles. The molecular formula is C38H36N6O5. The number of hydrogen-bond donors (Lipinski definition) is 2. The van der Waals surface area contributed by atoms with E-state index in [0.29, 0.717) is 35.4 Å². The lowest BCUT2D eigenvalue weighted by atomic mass is 9.64. The number of nitrogens with one attached hydrogen (secondary N) is 1. The lowest BCUT2D eigenvalue weighted by Crippen LogP contribution is -2.51. The molecule has 0 spiro atoms. The summed E-state index contributed by atoms with van der Waals surface area (Å²) in [6.07, 6.45) is 2.80. The first kappa shape index (κ1) is 32.0. The number of nitrogens with zero attached hydrogens (tertiary/aromatic N) is 4. The predicted octanol–water partition coefficient (Wildman–Crippen LogP) is 6.07. The molecule has 0 aliphatic carbocycles. The third-order valence-corrected chi connectivity index (χ3v) is 9.20. The van der Waals surface area contributed by atoms with Crippen LogP contribution in [0.1, 0.15) is 46.1 Å². The van der Waals surface area contributed by atoms with Gasteiger partial charge in [-0.15, -0.1) is 0 Å². The molecule has 11 nitrogen and oxygen atoms in total. The molecule has 49 heavy (non-hydrogen) atoms. The summed E-state index contributed by atoms with van der Waals surface area (Å²) in [5, 5.41) is 2.87. The van der Waals surface area contributed by atoms with Gasteiger partial charge in [-0.25, -0.2) is 20.8 Å². The van der Waals surface area contributed by atoms with Crippen LogP contribution < -0.4 is 20.7 Å². The highest BCUT2D eigenvalue weighted by Crippen LogP contribution is 2.48. The van der Waals surface area contributed by atoms with Crippen molar-refractivity contribution in [2.75, 3.05) is 19.5 Å². The van der Waals surface area contributed by atoms with E-state index in [1.54, 1.807) is 44.8 Å². The van der Waals surface area contributed by atoms with Crippen LogP contribution in [-0.2, 0) is 15.0 Å². The number of methoxy groups -OCH3 is 2. The molecule has 0 radical (unpaired) electrons. The van der Waals surface area contributed by atoms with Crippen molar-refractivity contribution in [1.82, 2.24) is 19.5 Å². The van der Waals surface area contributed by atoms with Gasteiger partial charge in [-0.1, -0.05) is 72.8 Å². The highest BCUT2D eigenvalue weighted by atomic mass is 16.6. The van der Waals surface area contributed by atoms with Gasteiger partial charge in [0.25, 0.3) is 5.91 Å². The number of carbonyl (C=O) groups excluding carboxylic acids is 1. The molecule has 0 saturated carbocycles. The van der Waals surface area contributed by atoms with Gasteiger partial charge in [0.1, 0.15) is 30.2 Å². The van der Waals surface area contributed by atoms with E-state index in [9.17, 15) is 4.79 Å². The number of amides is 1. The minimum Gasteiger partial charge on any atom is -0.497 e. The summed E-state index contributed by atoms with van der Waals surface area (Å²) in [4.78, 5) is 32.4. The summed E-state index contributed by atoms with van der Waals surface area (Å²) >= 11 is 0. The number of carbonyl (C=O) groups is 1. The minimum atomic E-state index is -0.901. The summed E-state index contributed by atoms with van der Waals surface area (Å²) in [5.41, 5.74) is 3.49. The van der Waals surface area contributed by atoms with Crippen LogP contribution in [0, 0.1) is 0 Å². The van der Waals surface area contributed by atoms with Crippen molar-refractivity contribution in [1.29, 1.82) is 0 Å². The molecule has 2 aromatic heterocycles. The van der Waals surface area contributed by atoms with Crippen LogP contribution in [0.4, 0.5) is 5.82 Å². The van der Waals surface area contributed by atoms with Crippen LogP contribution in [0.5, 0.6) is 11.5 Å². The largest absolute Gasteiger partial charge is 0.497 e. The number of fused-ring (bicyclic) bond motifs is 1. The van der Waals surface area contributed by atoms with Crippen molar-refractivity contribution in [3.63, 3.8) is 0 Å². The first-order valence-electron chi connectivity index (χ1n) is 16.0. The van der Waals surface area contributed by atoms with Gasteiger partial charge in [0.05, 0.1) is 32.1 Å².